The number of hydrogen-bond acceptors (Lipinski definition) is 3. The number of fused-ring (bicyclic) bond motifs is 1. The third kappa shape index (κ3) is 2.59. The highest BCUT2D eigenvalue weighted by Gasteiger charge is 2.34. The summed E-state index contributed by atoms with van der Waals surface area (Å²) in [5, 5.41) is 9.54. The molecule has 0 saturated heterocycles. The maximum absolute atomic E-state index is 11.6. The molecule has 4 nitrogen and oxygen atoms in total. The van der Waals surface area contributed by atoms with Gasteiger partial charge in [-0.25, -0.2) is 0 Å². The van der Waals surface area contributed by atoms with E-state index in [4.69, 9.17) is 4.42 Å². The minimum absolute atomic E-state index is 0.121. The van der Waals surface area contributed by atoms with Crippen molar-refractivity contribution < 1.29 is 14.3 Å². The molecule has 2 unspecified atom stereocenters. The summed E-state index contributed by atoms with van der Waals surface area (Å²) in [7, 11) is 0. The second-order valence-electron chi connectivity index (χ2n) is 5.46. The van der Waals surface area contributed by atoms with E-state index in [1.165, 1.54) is 0 Å². The molecule has 0 spiro atoms. The van der Waals surface area contributed by atoms with Crippen molar-refractivity contribution in [2.75, 3.05) is 6.54 Å². The van der Waals surface area contributed by atoms with E-state index in [0.29, 0.717) is 6.54 Å². The van der Waals surface area contributed by atoms with Crippen molar-refractivity contribution >= 4 is 5.97 Å². The van der Waals surface area contributed by atoms with Gasteiger partial charge in [-0.1, -0.05) is 31.2 Å². The molecular formula is C17H19NO3. The summed E-state index contributed by atoms with van der Waals surface area (Å²) < 4.78 is 5.53. The van der Waals surface area contributed by atoms with Gasteiger partial charge in [0.05, 0.1) is 18.2 Å². The molecule has 1 aromatic carbocycles. The SMILES string of the molecule is CCC(c1ccco1)N1Cc2ccccc2C(C(=O)O)C1. The summed E-state index contributed by atoms with van der Waals surface area (Å²) in [5.74, 6) is -0.332. The number of furan rings is 1. The van der Waals surface area contributed by atoms with Gasteiger partial charge < -0.3 is 9.52 Å². The lowest BCUT2D eigenvalue weighted by atomic mass is 9.88. The van der Waals surface area contributed by atoms with Crippen LogP contribution in [0.15, 0.2) is 47.1 Å². The molecule has 0 fully saturated rings. The van der Waals surface area contributed by atoms with Gasteiger partial charge in [0.25, 0.3) is 0 Å². The average Bonchev–Trinajstić information content (AvgIpc) is 3.01. The number of hydrogen-bond donors (Lipinski definition) is 1. The van der Waals surface area contributed by atoms with E-state index in [0.717, 1.165) is 29.9 Å². The number of carboxylic acids is 1. The van der Waals surface area contributed by atoms with Crippen molar-refractivity contribution in [3.8, 4) is 0 Å². The molecule has 21 heavy (non-hydrogen) atoms. The second-order valence-corrected chi connectivity index (χ2v) is 5.46. The van der Waals surface area contributed by atoms with E-state index in [1.807, 2.05) is 36.4 Å². The first-order chi connectivity index (χ1) is 10.2. The first-order valence-corrected chi connectivity index (χ1v) is 7.28. The summed E-state index contributed by atoms with van der Waals surface area (Å²) in [6.45, 7) is 3.38. The molecule has 1 aliphatic heterocycles. The van der Waals surface area contributed by atoms with Crippen molar-refractivity contribution in [1.29, 1.82) is 0 Å². The molecule has 110 valence electrons. The fraction of sp³-hybridized carbons (Fsp3) is 0.353. The largest absolute Gasteiger partial charge is 0.481 e. The highest BCUT2D eigenvalue weighted by atomic mass is 16.4. The molecular weight excluding hydrogens is 266 g/mol. The fourth-order valence-electron chi connectivity index (χ4n) is 3.20. The average molecular weight is 285 g/mol. The van der Waals surface area contributed by atoms with Crippen LogP contribution in [0, 0.1) is 0 Å². The van der Waals surface area contributed by atoms with Crippen LogP contribution in [0.1, 0.15) is 42.2 Å². The standard InChI is InChI=1S/C17H19NO3/c1-2-15(16-8-5-9-21-16)18-10-12-6-3-4-7-13(12)14(11-18)17(19)20/h3-9,14-15H,2,10-11H2,1H3,(H,19,20). The van der Waals surface area contributed by atoms with Crippen LogP contribution in [-0.4, -0.2) is 22.5 Å². The van der Waals surface area contributed by atoms with Crippen LogP contribution in [0.25, 0.3) is 0 Å². The molecule has 3 rings (SSSR count). The summed E-state index contributed by atoms with van der Waals surface area (Å²) in [5.41, 5.74) is 2.04. The Morgan fingerprint density at radius 1 is 1.38 bits per heavy atom. The Morgan fingerprint density at radius 2 is 2.19 bits per heavy atom. The van der Waals surface area contributed by atoms with Gasteiger partial charge >= 0.3 is 5.97 Å². The van der Waals surface area contributed by atoms with Crippen molar-refractivity contribution in [2.45, 2.75) is 31.8 Å². The normalized spacial score (nSPS) is 20.0. The van der Waals surface area contributed by atoms with Crippen molar-refractivity contribution in [2.24, 2.45) is 0 Å². The molecule has 2 atom stereocenters. The zero-order valence-corrected chi connectivity index (χ0v) is 12.0. The first kappa shape index (κ1) is 13.9. The molecule has 0 bridgehead atoms. The number of carbonyl (C=O) groups is 1. The van der Waals surface area contributed by atoms with Crippen LogP contribution in [-0.2, 0) is 11.3 Å². The predicted molar refractivity (Wildman–Crippen MR) is 79.0 cm³/mol. The fourth-order valence-corrected chi connectivity index (χ4v) is 3.20. The molecule has 1 aliphatic rings. The minimum Gasteiger partial charge on any atom is -0.481 e. The van der Waals surface area contributed by atoms with Crippen LogP contribution in [0.2, 0.25) is 0 Å². The summed E-state index contributed by atoms with van der Waals surface area (Å²) in [4.78, 5) is 13.8. The van der Waals surface area contributed by atoms with Gasteiger partial charge in [-0.2, -0.15) is 0 Å². The highest BCUT2D eigenvalue weighted by molar-refractivity contribution is 5.77. The zero-order chi connectivity index (χ0) is 14.8. The summed E-state index contributed by atoms with van der Waals surface area (Å²) >= 11 is 0. The van der Waals surface area contributed by atoms with E-state index < -0.39 is 11.9 Å². The molecule has 2 aromatic rings. The van der Waals surface area contributed by atoms with Gasteiger partial charge in [-0.15, -0.1) is 0 Å². The third-order valence-corrected chi connectivity index (χ3v) is 4.22. The van der Waals surface area contributed by atoms with Gasteiger partial charge in [0, 0.05) is 13.1 Å². The predicted octanol–water partition coefficient (Wildman–Crippen LogP) is 3.41. The third-order valence-electron chi connectivity index (χ3n) is 4.22. The van der Waals surface area contributed by atoms with Gasteiger partial charge in [0.2, 0.25) is 0 Å². The summed E-state index contributed by atoms with van der Waals surface area (Å²) in [6.07, 6.45) is 2.56. The Bertz CT molecular complexity index is 621. The Kier molecular flexibility index (Phi) is 3.80. The number of benzene rings is 1. The van der Waals surface area contributed by atoms with Crippen LogP contribution < -0.4 is 0 Å². The highest BCUT2D eigenvalue weighted by Crippen LogP contribution is 2.35. The van der Waals surface area contributed by atoms with Crippen LogP contribution >= 0.6 is 0 Å². The maximum Gasteiger partial charge on any atom is 0.312 e. The Labute approximate surface area is 124 Å². The Morgan fingerprint density at radius 3 is 2.86 bits per heavy atom. The minimum atomic E-state index is -0.763. The van der Waals surface area contributed by atoms with Crippen LogP contribution in [0.4, 0.5) is 0 Å². The smallest absolute Gasteiger partial charge is 0.312 e. The van der Waals surface area contributed by atoms with E-state index in [-0.39, 0.29) is 6.04 Å². The quantitative estimate of drug-likeness (QED) is 0.935. The molecule has 2 heterocycles. The lowest BCUT2D eigenvalue weighted by Gasteiger charge is -2.37. The topological polar surface area (TPSA) is 53.7 Å². The second kappa shape index (κ2) is 5.74. The lowest BCUT2D eigenvalue weighted by molar-refractivity contribution is -0.140. The molecule has 4 heteroatoms. The van der Waals surface area contributed by atoms with Gasteiger partial charge in [-0.05, 0) is 29.7 Å². The Hall–Kier alpha value is -2.07. The van der Waals surface area contributed by atoms with Crippen LogP contribution in [0.3, 0.4) is 0 Å². The summed E-state index contributed by atoms with van der Waals surface area (Å²) in [6, 6.07) is 11.8. The zero-order valence-electron chi connectivity index (χ0n) is 12.0. The van der Waals surface area contributed by atoms with E-state index in [1.54, 1.807) is 6.26 Å². The maximum atomic E-state index is 11.6. The number of carboxylic acid groups (broad SMARTS) is 1. The molecule has 0 radical (unpaired) electrons. The van der Waals surface area contributed by atoms with E-state index >= 15 is 0 Å². The molecule has 0 saturated carbocycles. The van der Waals surface area contributed by atoms with Gasteiger partial charge in [0.1, 0.15) is 5.76 Å². The molecule has 0 amide bonds. The first-order valence-electron chi connectivity index (χ1n) is 7.28. The van der Waals surface area contributed by atoms with Crippen LogP contribution in [0.5, 0.6) is 0 Å². The number of rotatable bonds is 4. The van der Waals surface area contributed by atoms with Crippen molar-refractivity contribution in [3.05, 3.63) is 59.5 Å². The van der Waals surface area contributed by atoms with Crippen molar-refractivity contribution in [3.63, 3.8) is 0 Å². The van der Waals surface area contributed by atoms with Gasteiger partial charge in [-0.3, -0.25) is 9.69 Å². The lowest BCUT2D eigenvalue weighted by Crippen LogP contribution is -2.38. The monoisotopic (exact) mass is 285 g/mol. The molecule has 1 aromatic heterocycles. The molecule has 0 aliphatic carbocycles. The van der Waals surface area contributed by atoms with E-state index in [2.05, 4.69) is 11.8 Å². The Balaban J connectivity index is 1.94. The van der Waals surface area contributed by atoms with Crippen molar-refractivity contribution in [1.82, 2.24) is 4.90 Å². The van der Waals surface area contributed by atoms with E-state index in [9.17, 15) is 9.90 Å². The number of nitrogens with zero attached hydrogens (tertiary/aromatic N) is 1. The van der Waals surface area contributed by atoms with Gasteiger partial charge in [0.15, 0.2) is 0 Å². The molecule has 1 N–H and O–H groups in total. The number of aliphatic carboxylic acids is 1.